The summed E-state index contributed by atoms with van der Waals surface area (Å²) in [7, 11) is 0. The van der Waals surface area contributed by atoms with Crippen LogP contribution in [0.15, 0.2) is 0 Å². The molecule has 3 unspecified atom stereocenters. The average Bonchev–Trinajstić information content (AvgIpc) is 2.40. The molecule has 3 atom stereocenters. The first-order valence-corrected chi connectivity index (χ1v) is 7.54. The van der Waals surface area contributed by atoms with Crippen molar-refractivity contribution in [2.75, 3.05) is 0 Å². The zero-order valence-electron chi connectivity index (χ0n) is 13.1. The molecule has 8 heteroatoms. The maximum Gasteiger partial charge on any atom is 0.306 e. The van der Waals surface area contributed by atoms with Crippen LogP contribution in [0.5, 0.6) is 0 Å². The highest BCUT2D eigenvalue weighted by atomic mass is 16.4. The van der Waals surface area contributed by atoms with Gasteiger partial charge < -0.3 is 20.4 Å². The number of rotatable bonds is 13. The van der Waals surface area contributed by atoms with Gasteiger partial charge in [0.05, 0.1) is 11.8 Å². The number of hydrogen-bond acceptors (Lipinski definition) is 4. The van der Waals surface area contributed by atoms with Crippen molar-refractivity contribution >= 4 is 23.9 Å². The van der Waals surface area contributed by atoms with Crippen molar-refractivity contribution in [2.45, 2.75) is 51.9 Å². The molecule has 0 spiro atoms. The lowest BCUT2D eigenvalue weighted by atomic mass is 9.81. The van der Waals surface area contributed by atoms with Crippen molar-refractivity contribution in [2.24, 2.45) is 17.8 Å². The minimum atomic E-state index is -1.07. The number of carbonyl (C=O) groups is 4. The summed E-state index contributed by atoms with van der Waals surface area (Å²) in [4.78, 5) is 43.5. The van der Waals surface area contributed by atoms with Crippen LogP contribution < -0.4 is 0 Å². The number of carboxylic acids is 4. The molecule has 0 amide bonds. The highest BCUT2D eigenvalue weighted by Crippen LogP contribution is 2.27. The highest BCUT2D eigenvalue weighted by molar-refractivity contribution is 5.72. The predicted octanol–water partition coefficient (Wildman–Crippen LogP) is 1.92. The molecule has 0 aromatic rings. The van der Waals surface area contributed by atoms with E-state index < -0.39 is 41.6 Å². The van der Waals surface area contributed by atoms with Crippen LogP contribution in [-0.2, 0) is 19.2 Å². The molecule has 8 nitrogen and oxygen atoms in total. The van der Waals surface area contributed by atoms with Crippen molar-refractivity contribution < 1.29 is 39.6 Å². The first kappa shape index (κ1) is 20.9. The van der Waals surface area contributed by atoms with E-state index in [0.717, 1.165) is 0 Å². The molecule has 0 saturated heterocycles. The van der Waals surface area contributed by atoms with E-state index in [4.69, 9.17) is 10.2 Å². The maximum absolute atomic E-state index is 11.3. The van der Waals surface area contributed by atoms with Gasteiger partial charge in [0.15, 0.2) is 0 Å². The van der Waals surface area contributed by atoms with Gasteiger partial charge in [0.2, 0.25) is 0 Å². The van der Waals surface area contributed by atoms with E-state index in [1.807, 2.05) is 0 Å². The molecule has 0 heterocycles. The summed E-state index contributed by atoms with van der Waals surface area (Å²) in [5.74, 6) is -6.19. The van der Waals surface area contributed by atoms with Gasteiger partial charge in [-0.05, 0) is 38.0 Å². The van der Waals surface area contributed by atoms with Gasteiger partial charge in [-0.15, -0.1) is 0 Å². The third kappa shape index (κ3) is 9.49. The third-order valence-corrected chi connectivity index (χ3v) is 3.86. The van der Waals surface area contributed by atoms with Gasteiger partial charge in [0, 0.05) is 12.8 Å². The normalized spacial score (nSPS) is 14.7. The molecule has 0 radical (unpaired) electrons. The fraction of sp³-hybridized carbons (Fsp3) is 0.733. The van der Waals surface area contributed by atoms with E-state index in [0.29, 0.717) is 0 Å². The zero-order valence-corrected chi connectivity index (χ0v) is 13.1. The Bertz CT molecular complexity index is 431. The Morgan fingerprint density at radius 3 is 1.65 bits per heavy atom. The molecule has 0 bridgehead atoms. The second-order valence-electron chi connectivity index (χ2n) is 5.76. The predicted molar refractivity (Wildman–Crippen MR) is 79.0 cm³/mol. The Hall–Kier alpha value is -2.12. The number of aliphatic carboxylic acids is 4. The van der Waals surface area contributed by atoms with Gasteiger partial charge in [-0.3, -0.25) is 19.2 Å². The molecule has 132 valence electrons. The lowest BCUT2D eigenvalue weighted by molar-refractivity contribution is -0.147. The van der Waals surface area contributed by atoms with E-state index in [1.54, 1.807) is 6.92 Å². The molecule has 0 saturated carbocycles. The molecule has 0 fully saturated rings. The minimum Gasteiger partial charge on any atom is -0.481 e. The van der Waals surface area contributed by atoms with Crippen LogP contribution in [0.1, 0.15) is 51.9 Å². The van der Waals surface area contributed by atoms with Crippen molar-refractivity contribution in [1.29, 1.82) is 0 Å². The average molecular weight is 332 g/mol. The van der Waals surface area contributed by atoms with Crippen LogP contribution in [-0.4, -0.2) is 44.3 Å². The monoisotopic (exact) mass is 332 g/mol. The summed E-state index contributed by atoms with van der Waals surface area (Å²) in [6, 6.07) is 0. The third-order valence-electron chi connectivity index (χ3n) is 3.86. The van der Waals surface area contributed by atoms with Crippen LogP contribution in [0.25, 0.3) is 0 Å². The molecule has 0 aromatic heterocycles. The lowest BCUT2D eigenvalue weighted by Gasteiger charge is -2.23. The minimum absolute atomic E-state index is 0.124. The fourth-order valence-corrected chi connectivity index (χ4v) is 2.58. The Morgan fingerprint density at radius 1 is 0.783 bits per heavy atom. The van der Waals surface area contributed by atoms with E-state index in [9.17, 15) is 29.4 Å². The van der Waals surface area contributed by atoms with Crippen LogP contribution in [0.4, 0.5) is 0 Å². The summed E-state index contributed by atoms with van der Waals surface area (Å²) in [5, 5.41) is 35.6. The van der Waals surface area contributed by atoms with Gasteiger partial charge in [-0.2, -0.15) is 0 Å². The molecule has 0 rings (SSSR count). The summed E-state index contributed by atoms with van der Waals surface area (Å²) in [6.07, 6.45) is 0.649. The smallest absolute Gasteiger partial charge is 0.306 e. The van der Waals surface area contributed by atoms with Crippen molar-refractivity contribution in [3.05, 3.63) is 0 Å². The molecule has 0 aromatic carbocycles. The molecule has 23 heavy (non-hydrogen) atoms. The zero-order chi connectivity index (χ0) is 18.0. The molecule has 4 N–H and O–H groups in total. The Labute approximate surface area is 134 Å². The molecule has 0 aliphatic heterocycles. The summed E-state index contributed by atoms with van der Waals surface area (Å²) in [6.45, 7) is 1.63. The van der Waals surface area contributed by atoms with Crippen LogP contribution in [0.3, 0.4) is 0 Å². The standard InChI is InChI=1S/C15H24O8/c1-9(11(15(22)23)5-3-7-13(18)19)8-10(14(20)21)4-2-6-12(16)17/h9-11H,2-8H2,1H3,(H,16,17)(H,18,19)(H,20,21)(H,22,23). The second kappa shape index (κ2) is 10.6. The Morgan fingerprint density at radius 2 is 1.26 bits per heavy atom. The highest BCUT2D eigenvalue weighted by Gasteiger charge is 2.29. The number of carboxylic acid groups (broad SMARTS) is 4. The van der Waals surface area contributed by atoms with Crippen molar-refractivity contribution in [1.82, 2.24) is 0 Å². The quantitative estimate of drug-likeness (QED) is 0.399. The van der Waals surface area contributed by atoms with Crippen LogP contribution >= 0.6 is 0 Å². The van der Waals surface area contributed by atoms with Gasteiger partial charge in [-0.25, -0.2) is 0 Å². The lowest BCUT2D eigenvalue weighted by Crippen LogP contribution is -2.26. The van der Waals surface area contributed by atoms with Crippen molar-refractivity contribution in [3.63, 3.8) is 0 Å². The van der Waals surface area contributed by atoms with Gasteiger partial charge in [0.1, 0.15) is 0 Å². The molecular weight excluding hydrogens is 308 g/mol. The maximum atomic E-state index is 11.3. The topological polar surface area (TPSA) is 149 Å². The first-order chi connectivity index (χ1) is 10.6. The van der Waals surface area contributed by atoms with E-state index in [2.05, 4.69) is 0 Å². The summed E-state index contributed by atoms with van der Waals surface area (Å²) < 4.78 is 0. The number of hydrogen-bond donors (Lipinski definition) is 4. The summed E-state index contributed by atoms with van der Waals surface area (Å²) in [5.41, 5.74) is 0. The fourth-order valence-electron chi connectivity index (χ4n) is 2.58. The molecular formula is C15H24O8. The van der Waals surface area contributed by atoms with E-state index >= 15 is 0 Å². The van der Waals surface area contributed by atoms with Gasteiger partial charge in [0.25, 0.3) is 0 Å². The van der Waals surface area contributed by atoms with Crippen LogP contribution in [0, 0.1) is 17.8 Å². The molecule has 0 aliphatic carbocycles. The Kier molecular flexibility index (Phi) is 9.60. The molecule has 0 aliphatic rings. The van der Waals surface area contributed by atoms with E-state index in [1.165, 1.54) is 0 Å². The van der Waals surface area contributed by atoms with Gasteiger partial charge >= 0.3 is 23.9 Å². The SMILES string of the molecule is CC(CC(CCCC(=O)O)C(=O)O)C(CCCC(=O)O)C(=O)O. The Balaban J connectivity index is 4.60. The second-order valence-corrected chi connectivity index (χ2v) is 5.76. The summed E-state index contributed by atoms with van der Waals surface area (Å²) >= 11 is 0. The largest absolute Gasteiger partial charge is 0.481 e. The van der Waals surface area contributed by atoms with E-state index in [-0.39, 0.29) is 44.9 Å². The first-order valence-electron chi connectivity index (χ1n) is 7.54. The van der Waals surface area contributed by atoms with Gasteiger partial charge in [-0.1, -0.05) is 6.92 Å². The van der Waals surface area contributed by atoms with Crippen molar-refractivity contribution in [3.8, 4) is 0 Å². The van der Waals surface area contributed by atoms with Crippen LogP contribution in [0.2, 0.25) is 0 Å².